The van der Waals surface area contributed by atoms with E-state index in [-0.39, 0.29) is 41.8 Å². The van der Waals surface area contributed by atoms with Crippen molar-refractivity contribution in [3.8, 4) is 5.75 Å². The first-order valence-electron chi connectivity index (χ1n) is 9.73. The normalized spacial score (nSPS) is 15.9. The molecule has 0 radical (unpaired) electrons. The summed E-state index contributed by atoms with van der Waals surface area (Å²) in [4.78, 5) is 16.2. The van der Waals surface area contributed by atoms with Crippen LogP contribution in [-0.4, -0.2) is 44.1 Å². The van der Waals surface area contributed by atoms with Gasteiger partial charge in [0.2, 0.25) is 5.91 Å². The van der Waals surface area contributed by atoms with Crippen molar-refractivity contribution in [1.29, 1.82) is 0 Å². The molecule has 6 nitrogen and oxygen atoms in total. The molecule has 0 spiro atoms. The molecule has 0 bridgehead atoms. The predicted octanol–water partition coefficient (Wildman–Crippen LogP) is 3.22. The van der Waals surface area contributed by atoms with Crippen molar-refractivity contribution in [1.82, 2.24) is 16.0 Å². The van der Waals surface area contributed by atoms with Gasteiger partial charge in [-0.2, -0.15) is 0 Å². The highest BCUT2D eigenvalue weighted by Gasteiger charge is 2.15. The third-order valence-corrected chi connectivity index (χ3v) is 4.55. The van der Waals surface area contributed by atoms with Gasteiger partial charge in [-0.05, 0) is 44.0 Å². The Morgan fingerprint density at radius 3 is 2.54 bits per heavy atom. The molecule has 1 saturated carbocycles. The van der Waals surface area contributed by atoms with Crippen molar-refractivity contribution in [2.45, 2.75) is 57.6 Å². The number of hydrogen-bond donors (Lipinski definition) is 3. The summed E-state index contributed by atoms with van der Waals surface area (Å²) < 4.78 is 18.6. The number of aliphatic imine (C=N–C) groups is 1. The number of benzene rings is 1. The Hall–Kier alpha value is -1.58. The van der Waals surface area contributed by atoms with Crippen molar-refractivity contribution in [3.05, 3.63) is 30.1 Å². The summed E-state index contributed by atoms with van der Waals surface area (Å²) in [7, 11) is 1.68. The van der Waals surface area contributed by atoms with Crippen LogP contribution in [-0.2, 0) is 4.79 Å². The van der Waals surface area contributed by atoms with E-state index >= 15 is 0 Å². The molecule has 1 unspecified atom stereocenters. The van der Waals surface area contributed by atoms with Crippen molar-refractivity contribution in [2.75, 3.05) is 20.1 Å². The quantitative estimate of drug-likeness (QED) is 0.288. The maximum Gasteiger partial charge on any atom is 0.221 e. The largest absolute Gasteiger partial charge is 0.489 e. The molecule has 0 heterocycles. The number of rotatable bonds is 8. The van der Waals surface area contributed by atoms with Gasteiger partial charge in [0.25, 0.3) is 0 Å². The van der Waals surface area contributed by atoms with Gasteiger partial charge in [0.05, 0.1) is 6.54 Å². The second-order valence-electron chi connectivity index (χ2n) is 6.91. The van der Waals surface area contributed by atoms with Crippen LogP contribution in [0.25, 0.3) is 0 Å². The third kappa shape index (κ3) is 9.57. The molecule has 1 aliphatic carbocycles. The number of guanidine groups is 1. The Bertz CT molecular complexity index is 607. The average Bonchev–Trinajstić information content (AvgIpc) is 2.67. The molecule has 8 heteroatoms. The van der Waals surface area contributed by atoms with Gasteiger partial charge in [0, 0.05) is 26.1 Å². The summed E-state index contributed by atoms with van der Waals surface area (Å²) in [6.45, 7) is 2.97. The van der Waals surface area contributed by atoms with E-state index in [1.54, 1.807) is 19.2 Å². The molecular weight excluding hydrogens is 474 g/mol. The lowest BCUT2D eigenvalue weighted by Crippen LogP contribution is -2.43. The van der Waals surface area contributed by atoms with Gasteiger partial charge >= 0.3 is 0 Å². The first-order chi connectivity index (χ1) is 13.1. The number of hydrogen-bond acceptors (Lipinski definition) is 3. The molecule has 1 fully saturated rings. The van der Waals surface area contributed by atoms with Crippen LogP contribution in [0.1, 0.15) is 45.4 Å². The second-order valence-corrected chi connectivity index (χ2v) is 6.91. The van der Waals surface area contributed by atoms with E-state index in [9.17, 15) is 9.18 Å². The topological polar surface area (TPSA) is 74.8 Å². The van der Waals surface area contributed by atoms with Crippen molar-refractivity contribution in [2.24, 2.45) is 4.99 Å². The number of nitrogens with one attached hydrogen (secondary N) is 3. The van der Waals surface area contributed by atoms with Gasteiger partial charge < -0.3 is 20.7 Å². The highest BCUT2D eigenvalue weighted by Crippen LogP contribution is 2.17. The van der Waals surface area contributed by atoms with Gasteiger partial charge in [0.15, 0.2) is 5.96 Å². The van der Waals surface area contributed by atoms with Gasteiger partial charge in [-0.25, -0.2) is 4.39 Å². The first kappa shape index (κ1) is 24.5. The summed E-state index contributed by atoms with van der Waals surface area (Å²) >= 11 is 0. The lowest BCUT2D eigenvalue weighted by Gasteiger charge is -2.23. The van der Waals surface area contributed by atoms with Crippen LogP contribution in [0.4, 0.5) is 4.39 Å². The lowest BCUT2D eigenvalue weighted by atomic mass is 9.95. The van der Waals surface area contributed by atoms with E-state index in [0.717, 1.165) is 12.8 Å². The van der Waals surface area contributed by atoms with E-state index in [4.69, 9.17) is 4.74 Å². The van der Waals surface area contributed by atoms with Gasteiger partial charge in [0.1, 0.15) is 17.7 Å². The van der Waals surface area contributed by atoms with Crippen molar-refractivity contribution in [3.63, 3.8) is 0 Å². The van der Waals surface area contributed by atoms with Crippen LogP contribution in [0.2, 0.25) is 0 Å². The summed E-state index contributed by atoms with van der Waals surface area (Å²) in [5.41, 5.74) is 0. The molecule has 0 saturated heterocycles. The molecule has 3 N–H and O–H groups in total. The number of ether oxygens (including phenoxy) is 1. The summed E-state index contributed by atoms with van der Waals surface area (Å²) in [6, 6.07) is 6.28. The Labute approximate surface area is 184 Å². The highest BCUT2D eigenvalue weighted by molar-refractivity contribution is 14.0. The maximum absolute atomic E-state index is 12.9. The summed E-state index contributed by atoms with van der Waals surface area (Å²) in [6.07, 6.45) is 6.17. The number of carbonyl (C=O) groups is 1. The van der Waals surface area contributed by atoms with E-state index in [1.165, 1.54) is 31.4 Å². The molecular formula is C20H32FIN4O2. The minimum atomic E-state index is -0.287. The molecule has 1 amide bonds. The Balaban J connectivity index is 0.00000392. The molecule has 1 atom stereocenters. The Morgan fingerprint density at radius 1 is 1.21 bits per heavy atom. The highest BCUT2D eigenvalue weighted by atomic mass is 127. The first-order valence-corrected chi connectivity index (χ1v) is 9.73. The molecule has 1 aliphatic rings. The fourth-order valence-electron chi connectivity index (χ4n) is 3.09. The molecule has 0 aliphatic heterocycles. The monoisotopic (exact) mass is 506 g/mol. The number of halogens is 2. The van der Waals surface area contributed by atoms with Gasteiger partial charge in [-0.1, -0.05) is 19.3 Å². The van der Waals surface area contributed by atoms with Crippen LogP contribution in [0, 0.1) is 5.82 Å². The molecule has 28 heavy (non-hydrogen) atoms. The van der Waals surface area contributed by atoms with Gasteiger partial charge in [-0.3, -0.25) is 9.79 Å². The standard InChI is InChI=1S/C20H31FN4O2.HI/c1-15(27-18-10-8-16(21)9-11-18)14-24-20(22-2)23-13-12-19(26)25-17-6-4-3-5-7-17;/h8-11,15,17H,3-7,12-14H2,1-2H3,(H,25,26)(H2,22,23,24);1H. The fourth-order valence-corrected chi connectivity index (χ4v) is 3.09. The van der Waals surface area contributed by atoms with Crippen LogP contribution in [0.5, 0.6) is 5.75 Å². The fraction of sp³-hybridized carbons (Fsp3) is 0.600. The maximum atomic E-state index is 12.9. The third-order valence-electron chi connectivity index (χ3n) is 4.55. The van der Waals surface area contributed by atoms with E-state index in [0.29, 0.717) is 37.3 Å². The lowest BCUT2D eigenvalue weighted by molar-refractivity contribution is -0.121. The number of carbonyl (C=O) groups excluding carboxylic acids is 1. The van der Waals surface area contributed by atoms with Crippen LogP contribution in [0.15, 0.2) is 29.3 Å². The molecule has 1 aromatic rings. The zero-order chi connectivity index (χ0) is 19.5. The van der Waals surface area contributed by atoms with Crippen molar-refractivity contribution >= 4 is 35.8 Å². The van der Waals surface area contributed by atoms with E-state index < -0.39 is 0 Å². The van der Waals surface area contributed by atoms with Crippen LogP contribution < -0.4 is 20.7 Å². The molecule has 0 aromatic heterocycles. The van der Waals surface area contributed by atoms with Gasteiger partial charge in [-0.15, -0.1) is 24.0 Å². The number of nitrogens with zero attached hydrogens (tertiary/aromatic N) is 1. The molecule has 2 rings (SSSR count). The summed E-state index contributed by atoms with van der Waals surface area (Å²) in [5, 5.41) is 9.41. The summed E-state index contributed by atoms with van der Waals surface area (Å²) in [5.74, 6) is 1.03. The average molecular weight is 506 g/mol. The van der Waals surface area contributed by atoms with Crippen molar-refractivity contribution < 1.29 is 13.9 Å². The number of amides is 1. The minimum Gasteiger partial charge on any atom is -0.489 e. The zero-order valence-electron chi connectivity index (χ0n) is 16.7. The smallest absolute Gasteiger partial charge is 0.221 e. The van der Waals surface area contributed by atoms with E-state index in [2.05, 4.69) is 20.9 Å². The SMILES string of the molecule is CN=C(NCCC(=O)NC1CCCCC1)NCC(C)Oc1ccc(F)cc1.I. The molecule has 158 valence electrons. The zero-order valence-corrected chi connectivity index (χ0v) is 19.0. The van der Waals surface area contributed by atoms with Crippen LogP contribution in [0.3, 0.4) is 0 Å². The Morgan fingerprint density at radius 2 is 1.89 bits per heavy atom. The Kier molecular flexibility index (Phi) is 11.9. The predicted molar refractivity (Wildman–Crippen MR) is 121 cm³/mol. The van der Waals surface area contributed by atoms with Crippen LogP contribution >= 0.6 is 24.0 Å². The second kappa shape index (κ2) is 13.6. The molecule has 1 aromatic carbocycles. The minimum absolute atomic E-state index is 0. The van der Waals surface area contributed by atoms with E-state index in [1.807, 2.05) is 6.92 Å².